The van der Waals surface area contributed by atoms with Crippen molar-refractivity contribution in [2.75, 3.05) is 24.6 Å². The second kappa shape index (κ2) is 8.63. The largest absolute Gasteiger partial charge is 0.395 e. The summed E-state index contributed by atoms with van der Waals surface area (Å²) in [5.74, 6) is 1.27. The second-order valence-electron chi connectivity index (χ2n) is 10.5. The molecule has 2 amide bonds. The molecule has 1 aromatic carbocycles. The maximum Gasteiger partial charge on any atom is 0.257 e. The molecule has 2 aliphatic heterocycles. The van der Waals surface area contributed by atoms with E-state index in [9.17, 15) is 14.7 Å². The number of β-amino-alcohol motifs (C(OH)–C–C–N with tert-alkyl or cyclic N) is 1. The molecule has 11 heteroatoms. The van der Waals surface area contributed by atoms with Crippen molar-refractivity contribution >= 4 is 28.7 Å². The Hall–Kier alpha value is -4.25. The van der Waals surface area contributed by atoms with Crippen LogP contribution in [0, 0.1) is 12.8 Å². The average Bonchev–Trinajstić information content (AvgIpc) is 3.56. The molecular weight excluding hydrogens is 496 g/mol. The van der Waals surface area contributed by atoms with E-state index in [1.807, 2.05) is 36.7 Å². The van der Waals surface area contributed by atoms with Gasteiger partial charge in [-0.15, -0.1) is 0 Å². The number of hydrogen-bond acceptors (Lipinski definition) is 8. The van der Waals surface area contributed by atoms with Crippen LogP contribution in [0.4, 0.5) is 5.69 Å². The number of rotatable bonds is 5. The van der Waals surface area contributed by atoms with Crippen molar-refractivity contribution in [2.45, 2.75) is 38.1 Å². The fraction of sp³-hybridized carbons (Fsp3) is 0.393. The minimum atomic E-state index is -1.05. The molecule has 11 nitrogen and oxygen atoms in total. The number of fused-ring (bicyclic) bond motifs is 3. The molecule has 1 atom stereocenters. The Morgan fingerprint density at radius 1 is 1.13 bits per heavy atom. The summed E-state index contributed by atoms with van der Waals surface area (Å²) in [6.07, 6.45) is 8.05. The number of anilines is 1. The Bertz CT molecular complexity index is 1640. The van der Waals surface area contributed by atoms with Gasteiger partial charge in [-0.05, 0) is 44.7 Å². The molecule has 3 aliphatic rings. The molecule has 0 radical (unpaired) electrons. The maximum absolute atomic E-state index is 14.0. The summed E-state index contributed by atoms with van der Waals surface area (Å²) in [5, 5.41) is 9.75. The molecule has 2 fully saturated rings. The molecule has 4 aromatic rings. The highest BCUT2D eigenvalue weighted by Crippen LogP contribution is 2.52. The minimum Gasteiger partial charge on any atom is -0.395 e. The number of imidazole rings is 1. The number of carbonyl (C=O) groups excluding carboxylic acids is 2. The van der Waals surface area contributed by atoms with Crippen molar-refractivity contribution in [2.24, 2.45) is 13.0 Å². The van der Waals surface area contributed by atoms with E-state index >= 15 is 0 Å². The zero-order chi connectivity index (χ0) is 26.9. The quantitative estimate of drug-likeness (QED) is 0.421. The summed E-state index contributed by atoms with van der Waals surface area (Å²) in [7, 11) is 1.89. The first kappa shape index (κ1) is 23.8. The molecule has 198 valence electrons. The van der Waals surface area contributed by atoms with Gasteiger partial charge < -0.3 is 19.5 Å². The van der Waals surface area contributed by atoms with E-state index in [1.54, 1.807) is 22.2 Å². The number of likely N-dealkylation sites (tertiary alicyclic amines) is 1. The van der Waals surface area contributed by atoms with Crippen molar-refractivity contribution in [3.05, 3.63) is 48.3 Å². The van der Waals surface area contributed by atoms with Gasteiger partial charge in [0.2, 0.25) is 5.91 Å². The predicted octanol–water partition coefficient (Wildman–Crippen LogP) is 2.36. The summed E-state index contributed by atoms with van der Waals surface area (Å²) in [6.45, 7) is 2.40. The van der Waals surface area contributed by atoms with Gasteiger partial charge in [-0.1, -0.05) is 6.07 Å². The Morgan fingerprint density at radius 2 is 1.92 bits per heavy atom. The third kappa shape index (κ3) is 3.42. The fourth-order valence-electron chi connectivity index (χ4n) is 6.17. The third-order valence-corrected chi connectivity index (χ3v) is 8.20. The SMILES string of the molecule is Cc1ncc(-c2nc3c(-c4ccc5c(c4)[C@]4(CCCN4C(=O)C4CC4)C(=O)N5CCO)ncnc3n2C)cn1. The topological polar surface area (TPSA) is 130 Å². The van der Waals surface area contributed by atoms with Crippen LogP contribution in [-0.2, 0) is 22.2 Å². The molecule has 7 rings (SSSR count). The average molecular weight is 525 g/mol. The smallest absolute Gasteiger partial charge is 0.257 e. The normalized spacial score (nSPS) is 20.4. The summed E-state index contributed by atoms with van der Waals surface area (Å²) in [5.41, 5.74) is 3.95. The number of hydrogen-bond donors (Lipinski definition) is 1. The van der Waals surface area contributed by atoms with E-state index in [0.717, 1.165) is 41.6 Å². The molecule has 1 spiro atoms. The van der Waals surface area contributed by atoms with Gasteiger partial charge in [0.1, 0.15) is 34.7 Å². The van der Waals surface area contributed by atoms with Crippen LogP contribution in [0.5, 0.6) is 0 Å². The monoisotopic (exact) mass is 524 g/mol. The van der Waals surface area contributed by atoms with E-state index in [0.29, 0.717) is 41.5 Å². The van der Waals surface area contributed by atoms with E-state index in [-0.39, 0.29) is 30.9 Å². The standard InChI is InChI=1S/C28H28N8O3/c1-16-29-13-19(14-30-16)24-33-23-22(31-15-32-25(23)34(24)2)18-6-7-21-20(12-18)28(27(39)35(21)10-11-37)8-3-9-36(28)26(38)17-4-5-17/h6-7,12-15,17,37H,3-5,8-11H2,1-2H3/t28-/m1/s1. The molecule has 1 saturated carbocycles. The Kier molecular flexibility index (Phi) is 5.28. The van der Waals surface area contributed by atoms with Gasteiger partial charge in [-0.2, -0.15) is 0 Å². The molecule has 1 saturated heterocycles. The van der Waals surface area contributed by atoms with Gasteiger partial charge in [0, 0.05) is 55.3 Å². The van der Waals surface area contributed by atoms with Crippen LogP contribution in [0.1, 0.15) is 37.1 Å². The number of benzene rings is 1. The van der Waals surface area contributed by atoms with Gasteiger partial charge in [-0.3, -0.25) is 9.59 Å². The zero-order valence-corrected chi connectivity index (χ0v) is 21.8. The van der Waals surface area contributed by atoms with Crippen LogP contribution >= 0.6 is 0 Å². The van der Waals surface area contributed by atoms with Gasteiger partial charge >= 0.3 is 0 Å². The van der Waals surface area contributed by atoms with Gasteiger partial charge in [0.25, 0.3) is 5.91 Å². The van der Waals surface area contributed by atoms with Crippen LogP contribution in [0.3, 0.4) is 0 Å². The number of nitrogens with zero attached hydrogens (tertiary/aromatic N) is 8. The number of aliphatic hydroxyl groups excluding tert-OH is 1. The molecule has 39 heavy (non-hydrogen) atoms. The van der Waals surface area contributed by atoms with Crippen LogP contribution in [0.2, 0.25) is 0 Å². The first-order valence-corrected chi connectivity index (χ1v) is 13.3. The molecule has 1 aliphatic carbocycles. The Balaban J connectivity index is 1.39. The number of aliphatic hydroxyl groups is 1. The lowest BCUT2D eigenvalue weighted by atomic mass is 9.86. The van der Waals surface area contributed by atoms with Crippen molar-refractivity contribution in [3.8, 4) is 22.6 Å². The van der Waals surface area contributed by atoms with Gasteiger partial charge in [0.15, 0.2) is 5.65 Å². The lowest BCUT2D eigenvalue weighted by Crippen LogP contribution is -2.52. The van der Waals surface area contributed by atoms with Crippen LogP contribution < -0.4 is 4.90 Å². The highest BCUT2D eigenvalue weighted by atomic mass is 16.3. The van der Waals surface area contributed by atoms with E-state index in [1.165, 1.54) is 6.33 Å². The maximum atomic E-state index is 14.0. The highest BCUT2D eigenvalue weighted by molar-refractivity contribution is 6.10. The zero-order valence-electron chi connectivity index (χ0n) is 21.8. The van der Waals surface area contributed by atoms with Crippen LogP contribution in [0.25, 0.3) is 33.8 Å². The second-order valence-corrected chi connectivity index (χ2v) is 10.5. The summed E-state index contributed by atoms with van der Waals surface area (Å²) < 4.78 is 1.89. The van der Waals surface area contributed by atoms with E-state index in [2.05, 4.69) is 19.9 Å². The first-order chi connectivity index (χ1) is 18.9. The molecule has 5 heterocycles. The molecule has 0 unspecified atom stereocenters. The van der Waals surface area contributed by atoms with Crippen LogP contribution in [0.15, 0.2) is 36.9 Å². The van der Waals surface area contributed by atoms with Crippen molar-refractivity contribution in [1.82, 2.24) is 34.4 Å². The Labute approximate surface area is 224 Å². The van der Waals surface area contributed by atoms with E-state index < -0.39 is 5.54 Å². The molecule has 1 N–H and O–H groups in total. The summed E-state index contributed by atoms with van der Waals surface area (Å²) in [6, 6.07) is 5.80. The molecule has 0 bridgehead atoms. The molecular formula is C28H28N8O3. The van der Waals surface area contributed by atoms with Crippen molar-refractivity contribution < 1.29 is 14.7 Å². The number of aromatic nitrogens is 6. The van der Waals surface area contributed by atoms with Crippen LogP contribution in [-0.4, -0.2) is 71.0 Å². The van der Waals surface area contributed by atoms with Crippen molar-refractivity contribution in [3.63, 3.8) is 0 Å². The highest BCUT2D eigenvalue weighted by Gasteiger charge is 2.59. The van der Waals surface area contributed by atoms with Crippen molar-refractivity contribution in [1.29, 1.82) is 0 Å². The fourth-order valence-corrected chi connectivity index (χ4v) is 6.17. The number of carbonyl (C=O) groups is 2. The minimum absolute atomic E-state index is 0.00508. The van der Waals surface area contributed by atoms with E-state index in [4.69, 9.17) is 4.98 Å². The predicted molar refractivity (Wildman–Crippen MR) is 142 cm³/mol. The Morgan fingerprint density at radius 3 is 2.67 bits per heavy atom. The lowest BCUT2D eigenvalue weighted by Gasteiger charge is -2.34. The number of aryl methyl sites for hydroxylation is 2. The molecule has 3 aromatic heterocycles. The number of amides is 2. The first-order valence-electron chi connectivity index (χ1n) is 13.3. The van der Waals surface area contributed by atoms with Gasteiger partial charge in [-0.25, -0.2) is 24.9 Å². The summed E-state index contributed by atoms with van der Waals surface area (Å²) >= 11 is 0. The van der Waals surface area contributed by atoms with Gasteiger partial charge in [0.05, 0.1) is 12.2 Å². The lowest BCUT2D eigenvalue weighted by molar-refractivity contribution is -0.144. The third-order valence-electron chi connectivity index (χ3n) is 8.20. The summed E-state index contributed by atoms with van der Waals surface area (Å²) in [4.78, 5) is 53.4.